The second-order valence-electron chi connectivity index (χ2n) is 4.75. The number of aromatic nitrogens is 1. The standard InChI is InChI=1S/C14H24NO/c1-6-7-12-8-9-14(16-5)13(15(12)4)10-11(2)3/h8-9,11H,6-7,10H2,1-5H3/q+1. The van der Waals surface area contributed by atoms with Gasteiger partial charge in [0.2, 0.25) is 5.69 Å². The number of pyridine rings is 1. The van der Waals surface area contributed by atoms with E-state index < -0.39 is 0 Å². The number of methoxy groups -OCH3 is 1. The minimum atomic E-state index is 0.650. The highest BCUT2D eigenvalue weighted by Crippen LogP contribution is 2.18. The molecule has 0 aromatic carbocycles. The van der Waals surface area contributed by atoms with E-state index in [0.29, 0.717) is 5.92 Å². The Morgan fingerprint density at radius 1 is 1.31 bits per heavy atom. The molecule has 16 heavy (non-hydrogen) atoms. The quantitative estimate of drug-likeness (QED) is 0.698. The first kappa shape index (κ1) is 13.0. The summed E-state index contributed by atoms with van der Waals surface area (Å²) >= 11 is 0. The van der Waals surface area contributed by atoms with Crippen LogP contribution in [0.2, 0.25) is 0 Å². The third-order valence-electron chi connectivity index (χ3n) is 2.87. The Morgan fingerprint density at radius 2 is 2.00 bits per heavy atom. The summed E-state index contributed by atoms with van der Waals surface area (Å²) in [5.74, 6) is 1.66. The van der Waals surface area contributed by atoms with Crippen LogP contribution in [0.25, 0.3) is 0 Å². The first-order valence-corrected chi connectivity index (χ1v) is 6.14. The molecule has 0 bridgehead atoms. The average molecular weight is 222 g/mol. The van der Waals surface area contributed by atoms with Gasteiger partial charge in [-0.25, -0.2) is 0 Å². The lowest BCUT2D eigenvalue weighted by Gasteiger charge is -2.10. The molecule has 90 valence electrons. The van der Waals surface area contributed by atoms with Crippen LogP contribution in [0.4, 0.5) is 0 Å². The van der Waals surface area contributed by atoms with Crippen molar-refractivity contribution < 1.29 is 9.30 Å². The highest BCUT2D eigenvalue weighted by atomic mass is 16.5. The third kappa shape index (κ3) is 2.97. The number of ether oxygens (including phenoxy) is 1. The lowest BCUT2D eigenvalue weighted by Crippen LogP contribution is -2.39. The Morgan fingerprint density at radius 3 is 2.50 bits per heavy atom. The van der Waals surface area contributed by atoms with Gasteiger partial charge < -0.3 is 4.74 Å². The topological polar surface area (TPSA) is 13.1 Å². The molecular formula is C14H24NO+. The molecule has 1 heterocycles. The molecule has 2 heteroatoms. The van der Waals surface area contributed by atoms with Crippen LogP contribution in [0, 0.1) is 5.92 Å². The highest BCUT2D eigenvalue weighted by molar-refractivity contribution is 5.25. The van der Waals surface area contributed by atoms with Crippen molar-refractivity contribution in [3.63, 3.8) is 0 Å². The van der Waals surface area contributed by atoms with E-state index >= 15 is 0 Å². The van der Waals surface area contributed by atoms with Gasteiger partial charge in [-0.15, -0.1) is 0 Å². The van der Waals surface area contributed by atoms with Crippen molar-refractivity contribution in [2.75, 3.05) is 7.11 Å². The molecular weight excluding hydrogens is 198 g/mol. The van der Waals surface area contributed by atoms with E-state index in [0.717, 1.165) is 18.6 Å². The second kappa shape index (κ2) is 5.88. The van der Waals surface area contributed by atoms with E-state index in [9.17, 15) is 0 Å². The summed E-state index contributed by atoms with van der Waals surface area (Å²) in [6.07, 6.45) is 3.38. The molecule has 1 aromatic heterocycles. The Hall–Kier alpha value is -1.05. The zero-order chi connectivity index (χ0) is 12.1. The molecule has 0 N–H and O–H groups in total. The van der Waals surface area contributed by atoms with Gasteiger partial charge in [0.1, 0.15) is 7.05 Å². The highest BCUT2D eigenvalue weighted by Gasteiger charge is 2.19. The predicted octanol–water partition coefficient (Wildman–Crippen LogP) is 2.67. The van der Waals surface area contributed by atoms with Gasteiger partial charge in [-0.05, 0) is 18.4 Å². The smallest absolute Gasteiger partial charge is 0.223 e. The zero-order valence-corrected chi connectivity index (χ0v) is 11.2. The summed E-state index contributed by atoms with van der Waals surface area (Å²) in [4.78, 5) is 0. The molecule has 0 aliphatic heterocycles. The van der Waals surface area contributed by atoms with Crippen molar-refractivity contribution in [1.29, 1.82) is 0 Å². The molecule has 0 unspecified atom stereocenters. The number of hydrogen-bond acceptors (Lipinski definition) is 1. The van der Waals surface area contributed by atoms with Crippen molar-refractivity contribution >= 4 is 0 Å². The van der Waals surface area contributed by atoms with Crippen molar-refractivity contribution in [3.05, 3.63) is 23.5 Å². The fourth-order valence-corrected chi connectivity index (χ4v) is 2.04. The first-order valence-electron chi connectivity index (χ1n) is 6.14. The molecule has 0 saturated carbocycles. The lowest BCUT2D eigenvalue weighted by molar-refractivity contribution is -0.687. The van der Waals surface area contributed by atoms with Crippen molar-refractivity contribution in [2.45, 2.75) is 40.0 Å². The van der Waals surface area contributed by atoms with Crippen molar-refractivity contribution in [1.82, 2.24) is 0 Å². The molecule has 0 fully saturated rings. The van der Waals surface area contributed by atoms with Crippen LogP contribution in [0.3, 0.4) is 0 Å². The Bertz CT molecular complexity index is 345. The minimum Gasteiger partial charge on any atom is -0.491 e. The molecule has 0 spiro atoms. The fourth-order valence-electron chi connectivity index (χ4n) is 2.04. The van der Waals surface area contributed by atoms with E-state index in [-0.39, 0.29) is 0 Å². The molecule has 0 aliphatic rings. The van der Waals surface area contributed by atoms with Crippen LogP contribution in [0.15, 0.2) is 12.1 Å². The number of hydrogen-bond donors (Lipinski definition) is 0. The van der Waals surface area contributed by atoms with Crippen LogP contribution >= 0.6 is 0 Å². The largest absolute Gasteiger partial charge is 0.491 e. The molecule has 0 amide bonds. The van der Waals surface area contributed by atoms with E-state index in [2.05, 4.69) is 44.5 Å². The normalized spacial score (nSPS) is 10.9. The fraction of sp³-hybridized carbons (Fsp3) is 0.643. The average Bonchev–Trinajstić information content (AvgIpc) is 2.24. The first-order chi connectivity index (χ1) is 7.60. The predicted molar refractivity (Wildman–Crippen MR) is 66.7 cm³/mol. The Kier molecular flexibility index (Phi) is 4.78. The van der Waals surface area contributed by atoms with Gasteiger partial charge in [0.25, 0.3) is 0 Å². The molecule has 0 saturated heterocycles. The number of rotatable bonds is 5. The maximum absolute atomic E-state index is 5.44. The number of nitrogens with zero attached hydrogens (tertiary/aromatic N) is 1. The van der Waals surface area contributed by atoms with Gasteiger partial charge >= 0.3 is 0 Å². The molecule has 1 aromatic rings. The van der Waals surface area contributed by atoms with Crippen LogP contribution in [0.5, 0.6) is 5.75 Å². The number of aryl methyl sites for hydroxylation is 1. The Labute approximate surface area is 99.3 Å². The summed E-state index contributed by atoms with van der Waals surface area (Å²) in [5.41, 5.74) is 2.70. The zero-order valence-electron chi connectivity index (χ0n) is 11.2. The van der Waals surface area contributed by atoms with E-state index in [4.69, 9.17) is 4.74 Å². The van der Waals surface area contributed by atoms with Gasteiger partial charge in [-0.3, -0.25) is 0 Å². The molecule has 0 aliphatic carbocycles. The van der Waals surface area contributed by atoms with Gasteiger partial charge in [-0.2, -0.15) is 4.57 Å². The maximum atomic E-state index is 5.44. The van der Waals surface area contributed by atoms with Crippen molar-refractivity contribution in [3.8, 4) is 5.75 Å². The molecule has 0 atom stereocenters. The summed E-state index contributed by atoms with van der Waals surface area (Å²) in [7, 11) is 3.89. The SMILES string of the molecule is CCCc1ccc(OC)c(CC(C)C)[n+]1C. The maximum Gasteiger partial charge on any atom is 0.223 e. The summed E-state index contributed by atoms with van der Waals surface area (Å²) in [6, 6.07) is 4.27. The monoisotopic (exact) mass is 222 g/mol. The lowest BCUT2D eigenvalue weighted by atomic mass is 10.1. The third-order valence-corrected chi connectivity index (χ3v) is 2.87. The van der Waals surface area contributed by atoms with Gasteiger partial charge in [0.05, 0.1) is 7.11 Å². The summed E-state index contributed by atoms with van der Waals surface area (Å²) in [5, 5.41) is 0. The van der Waals surface area contributed by atoms with E-state index in [1.54, 1.807) is 7.11 Å². The van der Waals surface area contributed by atoms with E-state index in [1.165, 1.54) is 17.8 Å². The van der Waals surface area contributed by atoms with Crippen LogP contribution in [0.1, 0.15) is 38.6 Å². The van der Waals surface area contributed by atoms with Gasteiger partial charge in [0, 0.05) is 18.9 Å². The second-order valence-corrected chi connectivity index (χ2v) is 4.75. The summed E-state index contributed by atoms with van der Waals surface area (Å²) in [6.45, 7) is 6.70. The van der Waals surface area contributed by atoms with E-state index in [1.807, 2.05) is 0 Å². The van der Waals surface area contributed by atoms with Crippen LogP contribution < -0.4 is 9.30 Å². The van der Waals surface area contributed by atoms with Gasteiger partial charge in [-0.1, -0.05) is 20.8 Å². The Balaban J connectivity index is 3.12. The van der Waals surface area contributed by atoms with Gasteiger partial charge in [0.15, 0.2) is 11.4 Å². The van der Waals surface area contributed by atoms with Crippen LogP contribution in [-0.2, 0) is 19.9 Å². The molecule has 2 nitrogen and oxygen atoms in total. The summed E-state index contributed by atoms with van der Waals surface area (Å²) < 4.78 is 7.73. The van der Waals surface area contributed by atoms with Crippen molar-refractivity contribution in [2.24, 2.45) is 13.0 Å². The minimum absolute atomic E-state index is 0.650. The van der Waals surface area contributed by atoms with Crippen LogP contribution in [-0.4, -0.2) is 7.11 Å². The molecule has 0 radical (unpaired) electrons. The molecule has 1 rings (SSSR count).